The van der Waals surface area contributed by atoms with Crippen LogP contribution in [-0.2, 0) is 14.8 Å². The number of benzene rings is 1. The molecule has 1 aromatic carbocycles. The maximum absolute atomic E-state index is 12.7. The molecule has 1 aliphatic heterocycles. The van der Waals surface area contributed by atoms with E-state index < -0.39 is 10.0 Å². The minimum Gasteiger partial charge on any atom is -0.377 e. The lowest BCUT2D eigenvalue weighted by molar-refractivity contribution is -0.0597. The summed E-state index contributed by atoms with van der Waals surface area (Å²) in [5, 5.41) is 0.530. The number of rotatable bonds is 5. The molecule has 1 aromatic rings. The molecule has 2 rings (SSSR count). The van der Waals surface area contributed by atoms with Crippen molar-refractivity contribution in [2.75, 3.05) is 40.8 Å². The van der Waals surface area contributed by atoms with Crippen LogP contribution in [-0.4, -0.2) is 64.1 Å². The average molecular weight is 347 g/mol. The van der Waals surface area contributed by atoms with Gasteiger partial charge in [0, 0.05) is 31.8 Å². The highest BCUT2D eigenvalue weighted by molar-refractivity contribution is 7.89. The van der Waals surface area contributed by atoms with Crippen molar-refractivity contribution in [1.82, 2.24) is 9.21 Å². The Kier molecular flexibility index (Phi) is 5.50. The molecule has 0 amide bonds. The Morgan fingerprint density at radius 3 is 2.23 bits per heavy atom. The number of hydrogen-bond acceptors (Lipinski definition) is 4. The van der Waals surface area contributed by atoms with Crippen LogP contribution in [0.2, 0.25) is 5.02 Å². The van der Waals surface area contributed by atoms with Crippen LogP contribution in [0.3, 0.4) is 0 Å². The van der Waals surface area contributed by atoms with Crippen molar-refractivity contribution < 1.29 is 13.2 Å². The van der Waals surface area contributed by atoms with Crippen LogP contribution in [0.25, 0.3) is 0 Å². The summed E-state index contributed by atoms with van der Waals surface area (Å²) in [4.78, 5) is 2.36. The quantitative estimate of drug-likeness (QED) is 0.819. The van der Waals surface area contributed by atoms with Crippen LogP contribution in [0, 0.1) is 0 Å². The minimum atomic E-state index is -3.46. The van der Waals surface area contributed by atoms with E-state index >= 15 is 0 Å². The molecule has 1 heterocycles. The average Bonchev–Trinajstić information content (AvgIpc) is 2.47. The summed E-state index contributed by atoms with van der Waals surface area (Å²) in [5.41, 5.74) is -0.268. The summed E-state index contributed by atoms with van der Waals surface area (Å²) >= 11 is 5.82. The molecule has 0 aliphatic carbocycles. The van der Waals surface area contributed by atoms with Gasteiger partial charge in [0.25, 0.3) is 0 Å². The van der Waals surface area contributed by atoms with E-state index in [0.717, 1.165) is 6.54 Å². The Labute approximate surface area is 137 Å². The Bertz CT molecular complexity index is 594. The van der Waals surface area contributed by atoms with Crippen molar-refractivity contribution in [3.8, 4) is 0 Å². The summed E-state index contributed by atoms with van der Waals surface area (Å²) in [6, 6.07) is 6.30. The molecule has 0 spiro atoms. The van der Waals surface area contributed by atoms with Crippen molar-refractivity contribution in [3.63, 3.8) is 0 Å². The predicted octanol–water partition coefficient (Wildman–Crippen LogP) is 2.07. The monoisotopic (exact) mass is 346 g/mol. The lowest BCUT2D eigenvalue weighted by Crippen LogP contribution is -2.52. The molecule has 5 nitrogen and oxygen atoms in total. The zero-order chi connectivity index (χ0) is 16.4. The summed E-state index contributed by atoms with van der Waals surface area (Å²) in [6.45, 7) is 1.72. The maximum Gasteiger partial charge on any atom is 0.243 e. The number of hydrogen-bond donors (Lipinski definition) is 0. The number of piperidine rings is 1. The standard InChI is InChI=1S/C15H23ClN2O3S/c1-17(2)12-15(21-3)8-10-18(11-9-15)22(19,20)14-6-4-13(16)5-7-14/h4-7H,8-12H2,1-3H3. The minimum absolute atomic E-state index is 0.268. The molecule has 0 atom stereocenters. The first kappa shape index (κ1) is 17.7. The zero-order valence-corrected chi connectivity index (χ0v) is 14.8. The summed E-state index contributed by atoms with van der Waals surface area (Å²) in [6.07, 6.45) is 1.38. The molecule has 1 aliphatic rings. The largest absolute Gasteiger partial charge is 0.377 e. The van der Waals surface area contributed by atoms with Gasteiger partial charge in [-0.15, -0.1) is 0 Å². The van der Waals surface area contributed by atoms with Crippen LogP contribution >= 0.6 is 11.6 Å². The Morgan fingerprint density at radius 1 is 1.23 bits per heavy atom. The highest BCUT2D eigenvalue weighted by Crippen LogP contribution is 2.30. The second kappa shape index (κ2) is 6.84. The molecular weight excluding hydrogens is 324 g/mol. The number of sulfonamides is 1. The van der Waals surface area contributed by atoms with Crippen molar-refractivity contribution in [1.29, 1.82) is 0 Å². The van der Waals surface area contributed by atoms with Crippen LogP contribution in [0.15, 0.2) is 29.2 Å². The lowest BCUT2D eigenvalue weighted by Gasteiger charge is -2.41. The van der Waals surface area contributed by atoms with E-state index in [0.29, 0.717) is 31.0 Å². The predicted molar refractivity (Wildman–Crippen MR) is 87.7 cm³/mol. The summed E-state index contributed by atoms with van der Waals surface area (Å²) in [5.74, 6) is 0. The summed E-state index contributed by atoms with van der Waals surface area (Å²) in [7, 11) is 2.24. The number of methoxy groups -OCH3 is 1. The fraction of sp³-hybridized carbons (Fsp3) is 0.600. The van der Waals surface area contributed by atoms with Gasteiger partial charge in [0.2, 0.25) is 10.0 Å². The van der Waals surface area contributed by atoms with E-state index in [1.807, 2.05) is 14.1 Å². The fourth-order valence-corrected chi connectivity index (χ4v) is 4.46. The Hall–Kier alpha value is -0.660. The van der Waals surface area contributed by atoms with E-state index in [4.69, 9.17) is 16.3 Å². The van der Waals surface area contributed by atoms with Gasteiger partial charge in [-0.1, -0.05) is 11.6 Å². The van der Waals surface area contributed by atoms with Crippen LogP contribution in [0.5, 0.6) is 0 Å². The third-order valence-corrected chi connectivity index (χ3v) is 6.29. The van der Waals surface area contributed by atoms with Crippen molar-refractivity contribution in [2.24, 2.45) is 0 Å². The summed E-state index contributed by atoms with van der Waals surface area (Å²) < 4.78 is 32.5. The second-order valence-corrected chi connectivity index (χ2v) is 8.36. The van der Waals surface area contributed by atoms with Crippen LogP contribution in [0.4, 0.5) is 0 Å². The van der Waals surface area contributed by atoms with E-state index in [9.17, 15) is 8.42 Å². The van der Waals surface area contributed by atoms with Crippen molar-refractivity contribution in [2.45, 2.75) is 23.3 Å². The molecule has 1 saturated heterocycles. The Morgan fingerprint density at radius 2 is 1.77 bits per heavy atom. The molecule has 0 saturated carbocycles. The fourth-order valence-electron chi connectivity index (χ4n) is 2.89. The molecule has 22 heavy (non-hydrogen) atoms. The smallest absolute Gasteiger partial charge is 0.243 e. The normalized spacial score (nSPS) is 19.5. The maximum atomic E-state index is 12.7. The van der Waals surface area contributed by atoms with Gasteiger partial charge in [-0.2, -0.15) is 4.31 Å². The van der Waals surface area contributed by atoms with Gasteiger partial charge >= 0.3 is 0 Å². The molecule has 0 unspecified atom stereocenters. The van der Waals surface area contributed by atoms with Gasteiger partial charge in [0.1, 0.15) is 0 Å². The van der Waals surface area contributed by atoms with Gasteiger partial charge in [-0.3, -0.25) is 0 Å². The zero-order valence-electron chi connectivity index (χ0n) is 13.3. The molecule has 0 bridgehead atoms. The van der Waals surface area contributed by atoms with Crippen molar-refractivity contribution in [3.05, 3.63) is 29.3 Å². The van der Waals surface area contributed by atoms with Gasteiger partial charge in [-0.25, -0.2) is 8.42 Å². The van der Waals surface area contributed by atoms with Crippen molar-refractivity contribution >= 4 is 21.6 Å². The highest BCUT2D eigenvalue weighted by Gasteiger charge is 2.38. The van der Waals surface area contributed by atoms with Crippen LogP contribution < -0.4 is 0 Å². The number of halogens is 1. The number of ether oxygens (including phenoxy) is 1. The number of likely N-dealkylation sites (N-methyl/N-ethyl adjacent to an activating group) is 1. The van der Waals surface area contributed by atoms with Gasteiger partial charge in [0.15, 0.2) is 0 Å². The first-order valence-corrected chi connectivity index (χ1v) is 9.06. The number of nitrogens with zero attached hydrogens (tertiary/aromatic N) is 2. The molecule has 0 aromatic heterocycles. The molecule has 7 heteroatoms. The topological polar surface area (TPSA) is 49.9 Å². The van der Waals surface area contributed by atoms with E-state index in [1.165, 1.54) is 4.31 Å². The third-order valence-electron chi connectivity index (χ3n) is 4.12. The third kappa shape index (κ3) is 3.81. The second-order valence-electron chi connectivity index (χ2n) is 5.98. The van der Waals surface area contributed by atoms with Gasteiger partial charge in [0.05, 0.1) is 10.5 Å². The molecular formula is C15H23ClN2O3S. The highest BCUT2D eigenvalue weighted by atomic mass is 35.5. The van der Waals surface area contributed by atoms with E-state index in [-0.39, 0.29) is 10.5 Å². The first-order chi connectivity index (χ1) is 10.3. The van der Waals surface area contributed by atoms with Gasteiger partial charge < -0.3 is 9.64 Å². The molecule has 124 valence electrons. The molecule has 0 radical (unpaired) electrons. The lowest BCUT2D eigenvalue weighted by atomic mass is 9.91. The molecule has 0 N–H and O–H groups in total. The van der Waals surface area contributed by atoms with E-state index in [1.54, 1.807) is 31.4 Å². The SMILES string of the molecule is COC1(CN(C)C)CCN(S(=O)(=O)c2ccc(Cl)cc2)CC1. The molecule has 1 fully saturated rings. The Balaban J connectivity index is 2.11. The van der Waals surface area contributed by atoms with Crippen LogP contribution in [0.1, 0.15) is 12.8 Å². The van der Waals surface area contributed by atoms with Gasteiger partial charge in [-0.05, 0) is 51.2 Å². The first-order valence-electron chi connectivity index (χ1n) is 7.25. The van der Waals surface area contributed by atoms with E-state index in [2.05, 4.69) is 4.90 Å².